The lowest BCUT2D eigenvalue weighted by Crippen LogP contribution is -2.67. The van der Waals surface area contributed by atoms with E-state index < -0.39 is 5.91 Å². The number of hydroxylamine groups is 1. The van der Waals surface area contributed by atoms with E-state index in [1.165, 1.54) is 6.07 Å². The second kappa shape index (κ2) is 5.78. The van der Waals surface area contributed by atoms with Crippen LogP contribution in [-0.2, 0) is 17.8 Å². The third-order valence-corrected chi connectivity index (χ3v) is 6.03. The van der Waals surface area contributed by atoms with Gasteiger partial charge in [0.1, 0.15) is 5.82 Å². The second-order valence-electron chi connectivity index (χ2n) is 7.69. The van der Waals surface area contributed by atoms with Crippen molar-refractivity contribution in [2.24, 2.45) is 5.41 Å². The summed E-state index contributed by atoms with van der Waals surface area (Å²) in [5.41, 5.74) is 3.48. The summed E-state index contributed by atoms with van der Waals surface area (Å²) in [6.07, 6.45) is 2.83. The van der Waals surface area contributed by atoms with Gasteiger partial charge in [-0.25, -0.2) is 9.87 Å². The molecule has 25 heavy (non-hydrogen) atoms. The SMILES string of the molecule is CC(=O)N1CC2(CC(N3CCc4cc(C(=O)NO)cc(F)c4C3)C2)C1. The Morgan fingerprint density at radius 3 is 2.68 bits per heavy atom. The first-order valence-corrected chi connectivity index (χ1v) is 8.66. The maximum absolute atomic E-state index is 14.4. The van der Waals surface area contributed by atoms with E-state index in [0.717, 1.165) is 38.0 Å². The molecule has 0 unspecified atom stereocenters. The van der Waals surface area contributed by atoms with Crippen molar-refractivity contribution in [3.63, 3.8) is 0 Å². The number of carbonyl (C=O) groups is 2. The van der Waals surface area contributed by atoms with Gasteiger partial charge in [-0.15, -0.1) is 0 Å². The van der Waals surface area contributed by atoms with Crippen molar-refractivity contribution in [2.45, 2.75) is 38.8 Å². The molecule has 0 bridgehead atoms. The molecule has 0 radical (unpaired) electrons. The lowest BCUT2D eigenvalue weighted by Gasteiger charge is -2.61. The van der Waals surface area contributed by atoms with Gasteiger partial charge in [0.25, 0.3) is 5.91 Å². The van der Waals surface area contributed by atoms with Gasteiger partial charge in [0, 0.05) is 55.7 Å². The Hall–Kier alpha value is -1.99. The van der Waals surface area contributed by atoms with Crippen LogP contribution in [0.1, 0.15) is 41.3 Å². The number of nitrogens with zero attached hydrogens (tertiary/aromatic N) is 2. The molecule has 4 rings (SSSR count). The van der Waals surface area contributed by atoms with Crippen LogP contribution in [0.5, 0.6) is 0 Å². The average Bonchev–Trinajstić information content (AvgIpc) is 2.51. The molecule has 1 aromatic carbocycles. The predicted octanol–water partition coefficient (Wildman–Crippen LogP) is 1.31. The van der Waals surface area contributed by atoms with Crippen molar-refractivity contribution in [3.05, 3.63) is 34.6 Å². The number of halogens is 1. The predicted molar refractivity (Wildman–Crippen MR) is 87.5 cm³/mol. The van der Waals surface area contributed by atoms with E-state index >= 15 is 0 Å². The third kappa shape index (κ3) is 2.71. The summed E-state index contributed by atoms with van der Waals surface area (Å²) in [6.45, 7) is 4.72. The Balaban J connectivity index is 1.41. The highest BCUT2D eigenvalue weighted by Crippen LogP contribution is 2.50. The number of hydrogen-bond donors (Lipinski definition) is 2. The van der Waals surface area contributed by atoms with Crippen molar-refractivity contribution >= 4 is 11.8 Å². The average molecular weight is 347 g/mol. The summed E-state index contributed by atoms with van der Waals surface area (Å²) < 4.78 is 14.4. The highest BCUT2D eigenvalue weighted by molar-refractivity contribution is 5.93. The molecule has 2 amide bonds. The van der Waals surface area contributed by atoms with E-state index in [1.807, 2.05) is 4.90 Å². The van der Waals surface area contributed by atoms with Crippen molar-refractivity contribution in [1.29, 1.82) is 0 Å². The molecule has 1 aliphatic carbocycles. The van der Waals surface area contributed by atoms with Gasteiger partial charge in [-0.3, -0.25) is 19.7 Å². The number of nitrogens with one attached hydrogen (secondary N) is 1. The molecule has 134 valence electrons. The minimum atomic E-state index is -0.690. The Bertz CT molecular complexity index is 737. The highest BCUT2D eigenvalue weighted by atomic mass is 19.1. The van der Waals surface area contributed by atoms with Crippen molar-refractivity contribution in [3.8, 4) is 0 Å². The standard InChI is InChI=1S/C18H22FN3O3/c1-11(23)22-9-18(10-22)6-14(7-18)21-3-2-12-4-13(17(24)20-25)5-16(19)15(12)8-21/h4-5,14,25H,2-3,6-10H2,1H3,(H,20,24). The van der Waals surface area contributed by atoms with Crippen LogP contribution < -0.4 is 5.48 Å². The first-order chi connectivity index (χ1) is 11.9. The zero-order valence-electron chi connectivity index (χ0n) is 14.2. The molecule has 3 aliphatic rings. The quantitative estimate of drug-likeness (QED) is 0.625. The maximum atomic E-state index is 14.4. The highest BCUT2D eigenvalue weighted by Gasteiger charge is 2.54. The minimum Gasteiger partial charge on any atom is -0.342 e. The summed E-state index contributed by atoms with van der Waals surface area (Å²) in [7, 11) is 0. The number of likely N-dealkylation sites (tertiary alicyclic amines) is 1. The molecule has 2 fully saturated rings. The van der Waals surface area contributed by atoms with Gasteiger partial charge in [-0.2, -0.15) is 0 Å². The smallest absolute Gasteiger partial charge is 0.274 e. The number of benzene rings is 1. The summed E-state index contributed by atoms with van der Waals surface area (Å²) in [6, 6.07) is 3.30. The summed E-state index contributed by atoms with van der Waals surface area (Å²) in [5, 5.41) is 8.71. The van der Waals surface area contributed by atoms with E-state index in [9.17, 15) is 14.0 Å². The molecule has 2 aliphatic heterocycles. The number of amides is 2. The van der Waals surface area contributed by atoms with Crippen LogP contribution in [0.4, 0.5) is 4.39 Å². The summed E-state index contributed by atoms with van der Waals surface area (Å²) >= 11 is 0. The third-order valence-electron chi connectivity index (χ3n) is 6.03. The van der Waals surface area contributed by atoms with Gasteiger partial charge in [0.15, 0.2) is 0 Å². The van der Waals surface area contributed by atoms with Gasteiger partial charge in [0.05, 0.1) is 0 Å². The zero-order chi connectivity index (χ0) is 17.8. The lowest BCUT2D eigenvalue weighted by molar-refractivity contribution is -0.155. The fourth-order valence-corrected chi connectivity index (χ4v) is 4.59. The molecule has 1 saturated carbocycles. The number of fused-ring (bicyclic) bond motifs is 1. The second-order valence-corrected chi connectivity index (χ2v) is 7.69. The van der Waals surface area contributed by atoms with E-state index in [-0.39, 0.29) is 22.7 Å². The van der Waals surface area contributed by atoms with Crippen molar-refractivity contribution in [1.82, 2.24) is 15.3 Å². The topological polar surface area (TPSA) is 72.9 Å². The van der Waals surface area contributed by atoms with Gasteiger partial charge < -0.3 is 4.90 Å². The van der Waals surface area contributed by atoms with Crippen molar-refractivity contribution < 1.29 is 19.2 Å². The fourth-order valence-electron chi connectivity index (χ4n) is 4.59. The normalized spacial score (nSPS) is 22.1. The van der Waals surface area contributed by atoms with E-state index in [1.54, 1.807) is 18.5 Å². The van der Waals surface area contributed by atoms with Crippen LogP contribution in [0.2, 0.25) is 0 Å². The zero-order valence-corrected chi connectivity index (χ0v) is 14.2. The van der Waals surface area contributed by atoms with Crippen LogP contribution in [0.3, 0.4) is 0 Å². The Kier molecular flexibility index (Phi) is 3.81. The Labute approximate surface area is 145 Å². The molecule has 1 saturated heterocycles. The minimum absolute atomic E-state index is 0.144. The van der Waals surface area contributed by atoms with Gasteiger partial charge >= 0.3 is 0 Å². The number of carbonyl (C=O) groups excluding carboxylic acids is 2. The van der Waals surface area contributed by atoms with E-state index in [4.69, 9.17) is 5.21 Å². The van der Waals surface area contributed by atoms with Gasteiger partial charge in [-0.1, -0.05) is 0 Å². The largest absolute Gasteiger partial charge is 0.342 e. The Morgan fingerprint density at radius 2 is 2.04 bits per heavy atom. The molecule has 7 heteroatoms. The van der Waals surface area contributed by atoms with Crippen LogP contribution >= 0.6 is 0 Å². The molecule has 0 atom stereocenters. The number of rotatable bonds is 2. The molecule has 2 N–H and O–H groups in total. The first-order valence-electron chi connectivity index (χ1n) is 8.66. The fraction of sp³-hybridized carbons (Fsp3) is 0.556. The van der Waals surface area contributed by atoms with Gasteiger partial charge in [-0.05, 0) is 37.0 Å². The molecular formula is C18H22FN3O3. The van der Waals surface area contributed by atoms with Crippen LogP contribution in [0.15, 0.2) is 12.1 Å². The van der Waals surface area contributed by atoms with Crippen LogP contribution in [-0.4, -0.2) is 52.5 Å². The van der Waals surface area contributed by atoms with Crippen LogP contribution in [0.25, 0.3) is 0 Å². The molecule has 2 heterocycles. The number of hydrogen-bond acceptors (Lipinski definition) is 4. The van der Waals surface area contributed by atoms with E-state index in [0.29, 0.717) is 24.6 Å². The maximum Gasteiger partial charge on any atom is 0.274 e. The van der Waals surface area contributed by atoms with E-state index in [2.05, 4.69) is 4.90 Å². The first kappa shape index (κ1) is 16.5. The Morgan fingerprint density at radius 1 is 1.32 bits per heavy atom. The molecule has 1 spiro atoms. The molecular weight excluding hydrogens is 325 g/mol. The molecule has 1 aromatic rings. The van der Waals surface area contributed by atoms with Crippen molar-refractivity contribution in [2.75, 3.05) is 19.6 Å². The molecule has 0 aromatic heterocycles. The summed E-state index contributed by atoms with van der Waals surface area (Å²) in [5.74, 6) is -0.933. The van der Waals surface area contributed by atoms with Crippen LogP contribution in [0, 0.1) is 11.2 Å². The lowest BCUT2D eigenvalue weighted by atomic mass is 9.60. The molecule has 6 nitrogen and oxygen atoms in total. The van der Waals surface area contributed by atoms with Gasteiger partial charge in [0.2, 0.25) is 5.91 Å². The monoisotopic (exact) mass is 347 g/mol. The summed E-state index contributed by atoms with van der Waals surface area (Å²) in [4.78, 5) is 27.0.